The summed E-state index contributed by atoms with van der Waals surface area (Å²) < 4.78 is 0. The molecule has 21 nitrogen and oxygen atoms in total. The number of nitrogens with one attached hydrogen (secondary N) is 5. The van der Waals surface area contributed by atoms with E-state index in [1.165, 1.54) is 24.1 Å². The fourth-order valence-corrected chi connectivity index (χ4v) is 16.0. The zero-order valence-corrected chi connectivity index (χ0v) is 69.3. The number of anilines is 1. The fourth-order valence-electron chi connectivity index (χ4n) is 15.5. The lowest BCUT2D eigenvalue weighted by Crippen LogP contribution is -2.45. The number of hydrogen-bond acceptors (Lipinski definition) is 16. The van der Waals surface area contributed by atoms with E-state index >= 15 is 0 Å². The summed E-state index contributed by atoms with van der Waals surface area (Å²) in [5, 5.41) is 47.3. The number of terminal acetylenes is 1. The van der Waals surface area contributed by atoms with Crippen LogP contribution in [0.15, 0.2) is 183 Å². The fraction of sp³-hybridized carbons (Fsp3) is 0.352. The van der Waals surface area contributed by atoms with Gasteiger partial charge in [0.1, 0.15) is 42.7 Å². The van der Waals surface area contributed by atoms with Crippen LogP contribution in [0.1, 0.15) is 135 Å². The summed E-state index contributed by atoms with van der Waals surface area (Å²) in [7, 11) is 0. The summed E-state index contributed by atoms with van der Waals surface area (Å²) in [5.41, 5.74) is 19.3. The molecule has 7 aromatic heterocycles. The number of rotatable bonds is 17. The van der Waals surface area contributed by atoms with Crippen LogP contribution in [0.25, 0.3) is 89.9 Å². The van der Waals surface area contributed by atoms with Gasteiger partial charge in [-0.05, 0) is 184 Å². The molecule has 4 aliphatic rings. The van der Waals surface area contributed by atoms with Gasteiger partial charge in [0.05, 0.1) is 34.9 Å². The van der Waals surface area contributed by atoms with Crippen LogP contribution < -0.4 is 5.32 Å². The van der Waals surface area contributed by atoms with Crippen molar-refractivity contribution in [3.63, 3.8) is 0 Å². The molecule has 0 bridgehead atoms. The van der Waals surface area contributed by atoms with E-state index in [2.05, 4.69) is 145 Å². The van der Waals surface area contributed by atoms with Gasteiger partial charge in [0, 0.05) is 156 Å². The van der Waals surface area contributed by atoms with E-state index in [0.717, 1.165) is 214 Å². The topological polar surface area (TPSA) is 254 Å². The smallest absolute Gasteiger partial charge is 0.248 e. The number of aromatic nitrogens is 14. The van der Waals surface area contributed by atoms with E-state index in [0.29, 0.717) is 42.0 Å². The molecule has 16 rings (SSSR count). The molecule has 0 saturated carbocycles. The average Bonchev–Trinajstić information content (AvgIpc) is 1.66. The Labute approximate surface area is 706 Å². The highest BCUT2D eigenvalue weighted by molar-refractivity contribution is 6.31. The number of aromatic amines is 4. The molecular formula is C88H101Cl6N19O2. The molecule has 0 radical (unpaired) electrons. The average molecular weight is 1670 g/mol. The monoisotopic (exact) mass is 1670 g/mol. The maximum atomic E-state index is 11.7. The first-order valence-electron chi connectivity index (χ1n) is 38.5. The number of halogens is 6. The number of hydrogen-bond donors (Lipinski definition) is 6. The Morgan fingerprint density at radius 1 is 0.513 bits per heavy atom. The van der Waals surface area contributed by atoms with Gasteiger partial charge in [0.2, 0.25) is 5.91 Å². The molecule has 1 unspecified atom stereocenters. The van der Waals surface area contributed by atoms with Crippen molar-refractivity contribution in [2.24, 2.45) is 0 Å². The highest BCUT2D eigenvalue weighted by atomic mass is 35.5. The Balaban J connectivity index is 0.000000161. The summed E-state index contributed by atoms with van der Waals surface area (Å²) >= 11 is 24.3. The van der Waals surface area contributed by atoms with Crippen LogP contribution >= 0.6 is 71.2 Å². The summed E-state index contributed by atoms with van der Waals surface area (Å²) in [6.45, 7) is 19.4. The van der Waals surface area contributed by atoms with Crippen molar-refractivity contribution in [1.29, 1.82) is 0 Å². The Hall–Kier alpha value is -9.41. The molecule has 5 aromatic carbocycles. The third-order valence-corrected chi connectivity index (χ3v) is 22.9. The number of amides is 1. The highest BCUT2D eigenvalue weighted by Gasteiger charge is 2.34. The minimum atomic E-state index is -0.443. The zero-order valence-electron chi connectivity index (χ0n) is 64.7. The normalized spacial score (nSPS) is 15.5. The molecule has 6 N–H and O–H groups in total. The second-order valence-corrected chi connectivity index (χ2v) is 31.5. The molecule has 602 valence electrons. The summed E-state index contributed by atoms with van der Waals surface area (Å²) in [6.07, 6.45) is 24.8. The molecule has 0 aliphatic carbocycles. The van der Waals surface area contributed by atoms with Crippen molar-refractivity contribution in [3.05, 3.63) is 220 Å². The van der Waals surface area contributed by atoms with Crippen LogP contribution in [0, 0.1) is 12.3 Å². The molecule has 4 fully saturated rings. The lowest BCUT2D eigenvalue weighted by Gasteiger charge is -2.40. The van der Waals surface area contributed by atoms with Gasteiger partial charge in [-0.25, -0.2) is 29.9 Å². The quantitative estimate of drug-likeness (QED) is 0.0463. The highest BCUT2D eigenvalue weighted by Crippen LogP contribution is 2.44. The third-order valence-electron chi connectivity index (χ3n) is 21.9. The minimum absolute atomic E-state index is 0. The molecule has 1 amide bonds. The van der Waals surface area contributed by atoms with E-state index in [-0.39, 0.29) is 49.6 Å². The summed E-state index contributed by atoms with van der Waals surface area (Å²) in [4.78, 5) is 46.6. The SMILES string of the molecule is C.C#CCN1CCC(Nc2n[nH]c(-c3ccc(Cl)cc3)c2-c2ccccc2)CC1.CC(C)(C)N1CCC(c2[nH]nc(-c3ccc(Cl)cc3)c2-c2ccncn2)CC1.CCC(C)N1CCC(c2[nH]nc(-c3ccc(Cl)cc3)c2-c2ccncn2)CC1.Cl.Cl.O=C(CO)N1CCC(c2[nH]nc(-c3ccc(Cl)cc3)c2-c2ccncn2)CC1. The van der Waals surface area contributed by atoms with Crippen molar-refractivity contribution in [2.45, 2.75) is 135 Å². The van der Waals surface area contributed by atoms with E-state index in [1.807, 2.05) is 121 Å². The molecule has 115 heavy (non-hydrogen) atoms. The summed E-state index contributed by atoms with van der Waals surface area (Å²) in [6, 6.07) is 48.2. The van der Waals surface area contributed by atoms with Gasteiger partial charge in [-0.3, -0.25) is 35.0 Å². The molecule has 4 saturated heterocycles. The van der Waals surface area contributed by atoms with Gasteiger partial charge in [-0.15, -0.1) is 31.2 Å². The first-order valence-corrected chi connectivity index (χ1v) is 40.0. The van der Waals surface area contributed by atoms with E-state index in [9.17, 15) is 4.79 Å². The van der Waals surface area contributed by atoms with Crippen LogP contribution in [-0.2, 0) is 4.79 Å². The number of H-pyrrole nitrogens is 4. The van der Waals surface area contributed by atoms with Crippen LogP contribution in [0.5, 0.6) is 0 Å². The van der Waals surface area contributed by atoms with Gasteiger partial charge in [-0.2, -0.15) is 20.4 Å². The Morgan fingerprint density at radius 3 is 1.27 bits per heavy atom. The Kier molecular flexibility index (Phi) is 32.1. The van der Waals surface area contributed by atoms with Crippen LogP contribution in [-0.4, -0.2) is 184 Å². The lowest BCUT2D eigenvalue weighted by atomic mass is 9.87. The number of nitrogens with zero attached hydrogens (tertiary/aromatic N) is 14. The second-order valence-electron chi connectivity index (χ2n) is 29.8. The van der Waals surface area contributed by atoms with Crippen molar-refractivity contribution in [2.75, 3.05) is 70.8 Å². The minimum Gasteiger partial charge on any atom is -0.387 e. The maximum Gasteiger partial charge on any atom is 0.248 e. The number of aliphatic hydroxyl groups is 1. The van der Waals surface area contributed by atoms with Gasteiger partial charge in [-0.1, -0.05) is 146 Å². The van der Waals surface area contributed by atoms with Crippen molar-refractivity contribution < 1.29 is 9.90 Å². The van der Waals surface area contributed by atoms with Crippen molar-refractivity contribution in [3.8, 4) is 102 Å². The first-order chi connectivity index (χ1) is 54.5. The Morgan fingerprint density at radius 2 is 0.904 bits per heavy atom. The van der Waals surface area contributed by atoms with Gasteiger partial charge in [0.25, 0.3) is 0 Å². The number of benzene rings is 5. The van der Waals surface area contributed by atoms with Crippen molar-refractivity contribution in [1.82, 2.24) is 90.3 Å². The van der Waals surface area contributed by atoms with E-state index < -0.39 is 6.61 Å². The second kappa shape index (κ2) is 41.9. The third kappa shape index (κ3) is 22.0. The first kappa shape index (κ1) is 88.0. The molecule has 27 heteroatoms. The Bertz CT molecular complexity index is 4990. The zero-order chi connectivity index (χ0) is 78.1. The predicted molar refractivity (Wildman–Crippen MR) is 470 cm³/mol. The summed E-state index contributed by atoms with van der Waals surface area (Å²) in [5.74, 6) is 4.53. The standard InChI is InChI=1S/C23H23ClN4.2C22H26ClN5.C20H20ClN5O2.CH4.2ClH/c1-2-14-28-15-12-20(13-16-28)25-23-21(17-6-4-3-5-7-17)22(26-27-23)18-8-10-19(24)11-9-18;1-22(2,3)28-12-9-16(10-13-28)21-19(18-8-11-24-14-25-18)20(26-27-21)15-4-6-17(23)7-5-15;1-3-15(2)28-12-9-17(10-13-28)22-20(19-8-11-24-14-25-19)21(26-27-22)16-4-6-18(23)7-5-16;21-15-3-1-13(2-4-15)19-18(16-5-8-22-12-23-16)20(25-24-19)14-6-9-26(10-7-14)17(28)11-27;;;/h1,3-11,20H,12-16H2,(H2,25,26,27);4-8,11,14,16H,9-10,12-13H2,1-3H3,(H,26,27);4-8,11,14-15,17H,3,9-10,12-13H2,1-2H3,(H,26,27);1-5,8,12,14,27H,6-7,9-11H2,(H,24,25);1H4;2*1H. The number of aliphatic hydroxyl groups excluding tert-OH is 1. The largest absolute Gasteiger partial charge is 0.387 e. The number of piperidine rings is 4. The molecule has 11 heterocycles. The number of likely N-dealkylation sites (tertiary alicyclic amines) is 4. The van der Waals surface area contributed by atoms with Gasteiger partial charge < -0.3 is 20.2 Å². The molecule has 0 spiro atoms. The molecular weight excluding hydrogens is 1570 g/mol. The van der Waals surface area contributed by atoms with Crippen LogP contribution in [0.4, 0.5) is 5.82 Å². The molecule has 4 aliphatic heterocycles. The number of carbonyl (C=O) groups excluding carboxylic acids is 1. The lowest BCUT2D eigenvalue weighted by molar-refractivity contribution is -0.135. The molecule has 1 atom stereocenters. The van der Waals surface area contributed by atoms with Crippen LogP contribution in [0.3, 0.4) is 0 Å². The number of carbonyl (C=O) groups is 1. The van der Waals surface area contributed by atoms with E-state index in [4.69, 9.17) is 68.1 Å². The van der Waals surface area contributed by atoms with Crippen LogP contribution in [0.2, 0.25) is 20.1 Å². The van der Waals surface area contributed by atoms with Gasteiger partial charge in [0.15, 0.2) is 5.82 Å². The van der Waals surface area contributed by atoms with E-state index in [1.54, 1.807) is 36.1 Å². The molecule has 12 aromatic rings. The van der Waals surface area contributed by atoms with Crippen molar-refractivity contribution >= 4 is 82.9 Å². The predicted octanol–water partition coefficient (Wildman–Crippen LogP) is 19.6. The maximum absolute atomic E-state index is 11.7. The van der Waals surface area contributed by atoms with Gasteiger partial charge >= 0.3 is 0 Å².